The third-order valence-corrected chi connectivity index (χ3v) is 2.77. The van der Waals surface area contributed by atoms with Gasteiger partial charge in [-0.3, -0.25) is 0 Å². The molecule has 7 heteroatoms. The van der Waals surface area contributed by atoms with E-state index >= 15 is 0 Å². The summed E-state index contributed by atoms with van der Waals surface area (Å²) in [6, 6.07) is 7.00. The van der Waals surface area contributed by atoms with Gasteiger partial charge in [-0.2, -0.15) is 18.2 Å². The highest BCUT2D eigenvalue weighted by molar-refractivity contribution is 5.54. The Labute approximate surface area is 107 Å². The minimum atomic E-state index is -4.66. The maximum atomic E-state index is 12.7. The number of aryl methyl sites for hydroxylation is 1. The highest BCUT2D eigenvalue weighted by Gasteiger charge is 2.53. The van der Waals surface area contributed by atoms with Crippen LogP contribution in [0.3, 0.4) is 0 Å². The molecule has 1 aromatic heterocycles. The number of hydrogen-bond acceptors (Lipinski definition) is 4. The van der Waals surface area contributed by atoms with Crippen LogP contribution in [-0.2, 0) is 5.54 Å². The molecule has 0 radical (unpaired) electrons. The second-order valence-electron chi connectivity index (χ2n) is 4.49. The molecule has 0 spiro atoms. The van der Waals surface area contributed by atoms with E-state index in [1.54, 1.807) is 24.3 Å². The average molecular weight is 271 g/mol. The molecule has 1 unspecified atom stereocenters. The molecule has 102 valence electrons. The van der Waals surface area contributed by atoms with Gasteiger partial charge in [0.05, 0.1) is 0 Å². The Balaban J connectivity index is 2.37. The molecule has 0 fully saturated rings. The van der Waals surface area contributed by atoms with Crippen LogP contribution >= 0.6 is 0 Å². The first kappa shape index (κ1) is 13.5. The first-order valence-electron chi connectivity index (χ1n) is 5.48. The summed E-state index contributed by atoms with van der Waals surface area (Å²) in [5, 5.41) is 3.53. The second-order valence-corrected chi connectivity index (χ2v) is 4.49. The largest absolute Gasteiger partial charge is 0.415 e. The summed E-state index contributed by atoms with van der Waals surface area (Å²) in [7, 11) is 0. The van der Waals surface area contributed by atoms with Gasteiger partial charge >= 0.3 is 6.18 Å². The molecule has 1 atom stereocenters. The van der Waals surface area contributed by atoms with Gasteiger partial charge in [-0.05, 0) is 13.8 Å². The fourth-order valence-corrected chi connectivity index (χ4v) is 1.38. The van der Waals surface area contributed by atoms with Crippen LogP contribution in [0.1, 0.15) is 18.4 Å². The van der Waals surface area contributed by atoms with Crippen LogP contribution in [0.4, 0.5) is 13.2 Å². The molecule has 0 amide bonds. The number of nitrogens with zero attached hydrogens (tertiary/aromatic N) is 2. The highest BCUT2D eigenvalue weighted by atomic mass is 19.4. The molecule has 0 bridgehead atoms. The molecule has 1 aromatic carbocycles. The monoisotopic (exact) mass is 271 g/mol. The van der Waals surface area contributed by atoms with Crippen molar-refractivity contribution in [2.45, 2.75) is 25.6 Å². The van der Waals surface area contributed by atoms with Gasteiger partial charge < -0.3 is 10.3 Å². The van der Waals surface area contributed by atoms with E-state index in [1.807, 2.05) is 6.92 Å². The van der Waals surface area contributed by atoms with Gasteiger partial charge in [0.2, 0.25) is 5.82 Å². The molecule has 19 heavy (non-hydrogen) atoms. The average Bonchev–Trinajstić information content (AvgIpc) is 2.78. The van der Waals surface area contributed by atoms with E-state index in [2.05, 4.69) is 14.7 Å². The zero-order chi connectivity index (χ0) is 14.3. The van der Waals surface area contributed by atoms with Crippen LogP contribution in [0.15, 0.2) is 28.8 Å². The fraction of sp³-hybridized carbons (Fsp3) is 0.333. The molecule has 2 rings (SSSR count). The van der Waals surface area contributed by atoms with Gasteiger partial charge in [-0.15, -0.1) is 0 Å². The third-order valence-electron chi connectivity index (χ3n) is 2.77. The number of aromatic nitrogens is 2. The topological polar surface area (TPSA) is 64.9 Å². The van der Waals surface area contributed by atoms with Crippen molar-refractivity contribution in [3.05, 3.63) is 35.7 Å². The Morgan fingerprint density at radius 3 is 2.26 bits per heavy atom. The standard InChI is InChI=1S/C12H12F3N3O/c1-7-3-5-8(6-4-7)9-17-10(19-18-9)11(2,16)12(13,14)15/h3-6H,16H2,1-2H3. The molecular weight excluding hydrogens is 259 g/mol. The van der Waals surface area contributed by atoms with E-state index in [4.69, 9.17) is 5.73 Å². The number of rotatable bonds is 2. The van der Waals surface area contributed by atoms with Crippen molar-refractivity contribution in [1.82, 2.24) is 10.1 Å². The predicted molar refractivity (Wildman–Crippen MR) is 62.1 cm³/mol. The molecule has 0 aliphatic rings. The molecule has 2 aromatic rings. The van der Waals surface area contributed by atoms with Gasteiger partial charge in [0.25, 0.3) is 5.89 Å². The summed E-state index contributed by atoms with van der Waals surface area (Å²) in [4.78, 5) is 3.73. The van der Waals surface area contributed by atoms with Gasteiger partial charge in [0.1, 0.15) is 0 Å². The SMILES string of the molecule is Cc1ccc(-c2noc(C(C)(N)C(F)(F)F)n2)cc1. The van der Waals surface area contributed by atoms with Crippen molar-refractivity contribution in [2.24, 2.45) is 5.73 Å². The third kappa shape index (κ3) is 2.46. The highest BCUT2D eigenvalue weighted by Crippen LogP contribution is 2.36. The normalized spacial score (nSPS) is 15.3. The summed E-state index contributed by atoms with van der Waals surface area (Å²) in [6.45, 7) is 2.69. The first-order valence-corrected chi connectivity index (χ1v) is 5.48. The van der Waals surface area contributed by atoms with Crippen LogP contribution in [-0.4, -0.2) is 16.3 Å². The number of halogens is 3. The molecule has 0 saturated heterocycles. The van der Waals surface area contributed by atoms with Crippen LogP contribution < -0.4 is 5.73 Å². The van der Waals surface area contributed by atoms with Gasteiger partial charge in [-0.1, -0.05) is 35.0 Å². The molecule has 2 N–H and O–H groups in total. The van der Waals surface area contributed by atoms with Gasteiger partial charge in [-0.25, -0.2) is 0 Å². The smallest absolute Gasteiger partial charge is 0.337 e. The lowest BCUT2D eigenvalue weighted by molar-refractivity contribution is -0.190. The van der Waals surface area contributed by atoms with E-state index in [-0.39, 0.29) is 5.82 Å². The summed E-state index contributed by atoms with van der Waals surface area (Å²) in [6.07, 6.45) is -4.66. The number of benzene rings is 1. The van der Waals surface area contributed by atoms with Crippen molar-refractivity contribution in [1.29, 1.82) is 0 Å². The minimum Gasteiger partial charge on any atom is -0.337 e. The second kappa shape index (κ2) is 4.34. The van der Waals surface area contributed by atoms with Crippen molar-refractivity contribution >= 4 is 0 Å². The zero-order valence-electron chi connectivity index (χ0n) is 10.3. The van der Waals surface area contributed by atoms with Crippen LogP contribution in [0.2, 0.25) is 0 Å². The van der Waals surface area contributed by atoms with Crippen molar-refractivity contribution in [3.63, 3.8) is 0 Å². The quantitative estimate of drug-likeness (QED) is 0.912. The maximum Gasteiger partial charge on any atom is 0.415 e. The van der Waals surface area contributed by atoms with E-state index in [0.29, 0.717) is 5.56 Å². The maximum absolute atomic E-state index is 12.7. The number of alkyl halides is 3. The molecule has 4 nitrogen and oxygen atoms in total. The molecule has 0 aliphatic carbocycles. The Kier molecular flexibility index (Phi) is 3.09. The lowest BCUT2D eigenvalue weighted by Gasteiger charge is -2.22. The Morgan fingerprint density at radius 1 is 1.16 bits per heavy atom. The first-order chi connectivity index (χ1) is 8.72. The summed E-state index contributed by atoms with van der Waals surface area (Å²) >= 11 is 0. The number of hydrogen-bond donors (Lipinski definition) is 1. The van der Waals surface area contributed by atoms with Crippen molar-refractivity contribution in [2.75, 3.05) is 0 Å². The summed E-state index contributed by atoms with van der Waals surface area (Å²) < 4.78 is 42.8. The number of nitrogens with two attached hydrogens (primary N) is 1. The molecular formula is C12H12F3N3O. The van der Waals surface area contributed by atoms with Gasteiger partial charge in [0.15, 0.2) is 5.54 Å². The van der Waals surface area contributed by atoms with Crippen LogP contribution in [0.25, 0.3) is 11.4 Å². The van der Waals surface area contributed by atoms with Crippen LogP contribution in [0.5, 0.6) is 0 Å². The Bertz CT molecular complexity index is 573. The molecule has 1 heterocycles. The van der Waals surface area contributed by atoms with E-state index in [9.17, 15) is 13.2 Å². The predicted octanol–water partition coefficient (Wildman–Crippen LogP) is 2.78. The van der Waals surface area contributed by atoms with Gasteiger partial charge in [0, 0.05) is 5.56 Å². The Hall–Kier alpha value is -1.89. The van der Waals surface area contributed by atoms with Crippen LogP contribution in [0, 0.1) is 6.92 Å². The molecule has 0 aliphatic heterocycles. The molecule has 0 saturated carbocycles. The summed E-state index contributed by atoms with van der Waals surface area (Å²) in [5.41, 5.74) is 4.13. The van der Waals surface area contributed by atoms with Crippen molar-refractivity contribution < 1.29 is 17.7 Å². The van der Waals surface area contributed by atoms with E-state index in [0.717, 1.165) is 12.5 Å². The minimum absolute atomic E-state index is 0.0796. The fourth-order valence-electron chi connectivity index (χ4n) is 1.38. The lowest BCUT2D eigenvalue weighted by atomic mass is 10.0. The lowest BCUT2D eigenvalue weighted by Crippen LogP contribution is -2.47. The summed E-state index contributed by atoms with van der Waals surface area (Å²) in [5.74, 6) is -0.577. The zero-order valence-corrected chi connectivity index (χ0v) is 10.3. The van der Waals surface area contributed by atoms with E-state index < -0.39 is 17.6 Å². The van der Waals surface area contributed by atoms with Crippen molar-refractivity contribution in [3.8, 4) is 11.4 Å². The Morgan fingerprint density at radius 2 is 1.74 bits per heavy atom. The van der Waals surface area contributed by atoms with E-state index in [1.165, 1.54) is 0 Å².